The maximum Gasteiger partial charge on any atom is 0.340 e. The molecule has 0 aliphatic heterocycles. The van der Waals surface area contributed by atoms with Crippen molar-refractivity contribution in [3.05, 3.63) is 23.5 Å². The summed E-state index contributed by atoms with van der Waals surface area (Å²) < 4.78 is 4.63. The Kier molecular flexibility index (Phi) is 2.84. The molecule has 13 heavy (non-hydrogen) atoms. The van der Waals surface area contributed by atoms with Crippen LogP contribution < -0.4 is 5.32 Å². The SMILES string of the molecule is CNc1cnc(C)cc1C(=O)OC. The van der Waals surface area contributed by atoms with Crippen molar-refractivity contribution in [2.45, 2.75) is 6.92 Å². The summed E-state index contributed by atoms with van der Waals surface area (Å²) in [7, 11) is 3.09. The molecule has 0 fully saturated rings. The molecule has 4 heteroatoms. The Labute approximate surface area is 76.9 Å². The quantitative estimate of drug-likeness (QED) is 0.695. The largest absolute Gasteiger partial charge is 0.465 e. The lowest BCUT2D eigenvalue weighted by Gasteiger charge is -2.06. The molecule has 0 aliphatic carbocycles. The number of nitrogens with one attached hydrogen (secondary N) is 1. The Balaban J connectivity index is 3.15. The Bertz CT molecular complexity index is 323. The smallest absolute Gasteiger partial charge is 0.340 e. The van der Waals surface area contributed by atoms with Crippen LogP contribution in [0.5, 0.6) is 0 Å². The number of hydrogen-bond acceptors (Lipinski definition) is 4. The Morgan fingerprint density at radius 3 is 2.85 bits per heavy atom. The Morgan fingerprint density at radius 1 is 1.62 bits per heavy atom. The van der Waals surface area contributed by atoms with Gasteiger partial charge in [0, 0.05) is 12.7 Å². The molecule has 1 N–H and O–H groups in total. The number of esters is 1. The van der Waals surface area contributed by atoms with Gasteiger partial charge >= 0.3 is 5.97 Å². The molecular weight excluding hydrogens is 168 g/mol. The molecule has 1 heterocycles. The van der Waals surface area contributed by atoms with Crippen LogP contribution in [0.1, 0.15) is 16.1 Å². The number of rotatable bonds is 2. The van der Waals surface area contributed by atoms with Gasteiger partial charge in [0.1, 0.15) is 0 Å². The van der Waals surface area contributed by atoms with Crippen molar-refractivity contribution in [2.24, 2.45) is 0 Å². The van der Waals surface area contributed by atoms with Crippen LogP contribution in [-0.4, -0.2) is 25.1 Å². The molecule has 0 atom stereocenters. The van der Waals surface area contributed by atoms with Crippen molar-refractivity contribution in [3.63, 3.8) is 0 Å². The summed E-state index contributed by atoms with van der Waals surface area (Å²) >= 11 is 0. The zero-order chi connectivity index (χ0) is 9.84. The molecule has 1 rings (SSSR count). The van der Waals surface area contributed by atoms with E-state index in [1.807, 2.05) is 6.92 Å². The number of ether oxygens (including phenoxy) is 1. The van der Waals surface area contributed by atoms with Gasteiger partial charge in [-0.25, -0.2) is 4.79 Å². The fraction of sp³-hybridized carbons (Fsp3) is 0.333. The van der Waals surface area contributed by atoms with Crippen LogP contribution in [0.4, 0.5) is 5.69 Å². The van der Waals surface area contributed by atoms with Crippen molar-refractivity contribution < 1.29 is 9.53 Å². The van der Waals surface area contributed by atoms with Crippen molar-refractivity contribution in [1.82, 2.24) is 4.98 Å². The lowest BCUT2D eigenvalue weighted by Crippen LogP contribution is -2.06. The minimum Gasteiger partial charge on any atom is -0.465 e. The predicted molar refractivity (Wildman–Crippen MR) is 49.9 cm³/mol. The van der Waals surface area contributed by atoms with E-state index >= 15 is 0 Å². The van der Waals surface area contributed by atoms with E-state index in [4.69, 9.17) is 0 Å². The third kappa shape index (κ3) is 1.96. The Morgan fingerprint density at radius 2 is 2.31 bits per heavy atom. The maximum atomic E-state index is 11.3. The zero-order valence-electron chi connectivity index (χ0n) is 7.92. The number of carbonyl (C=O) groups is 1. The van der Waals surface area contributed by atoms with Crippen LogP contribution in [-0.2, 0) is 4.74 Å². The number of pyridine rings is 1. The van der Waals surface area contributed by atoms with Crippen LogP contribution in [0.3, 0.4) is 0 Å². The highest BCUT2D eigenvalue weighted by Gasteiger charge is 2.10. The first-order valence-electron chi connectivity index (χ1n) is 3.91. The molecule has 1 aromatic rings. The van der Waals surface area contributed by atoms with Crippen LogP contribution in [0.2, 0.25) is 0 Å². The number of nitrogens with zero attached hydrogens (tertiary/aromatic N) is 1. The normalized spacial score (nSPS) is 9.46. The molecule has 0 spiro atoms. The molecule has 4 nitrogen and oxygen atoms in total. The van der Waals surface area contributed by atoms with E-state index in [0.717, 1.165) is 5.69 Å². The molecule has 0 amide bonds. The zero-order valence-corrected chi connectivity index (χ0v) is 7.92. The summed E-state index contributed by atoms with van der Waals surface area (Å²) in [5.41, 5.74) is 1.98. The second-order valence-corrected chi connectivity index (χ2v) is 2.61. The molecule has 0 bridgehead atoms. The van der Waals surface area contributed by atoms with E-state index in [2.05, 4.69) is 15.0 Å². The number of anilines is 1. The van der Waals surface area contributed by atoms with E-state index in [1.54, 1.807) is 19.3 Å². The first kappa shape index (κ1) is 9.51. The van der Waals surface area contributed by atoms with Crippen molar-refractivity contribution in [2.75, 3.05) is 19.5 Å². The summed E-state index contributed by atoms with van der Waals surface area (Å²) in [5.74, 6) is -0.352. The van der Waals surface area contributed by atoms with Gasteiger partial charge < -0.3 is 10.1 Å². The van der Waals surface area contributed by atoms with E-state index in [9.17, 15) is 4.79 Å². The molecule has 0 saturated heterocycles. The van der Waals surface area contributed by atoms with Crippen molar-refractivity contribution in [3.8, 4) is 0 Å². The predicted octanol–water partition coefficient (Wildman–Crippen LogP) is 1.22. The first-order valence-corrected chi connectivity index (χ1v) is 3.91. The average molecular weight is 180 g/mol. The van der Waals surface area contributed by atoms with E-state index in [-0.39, 0.29) is 5.97 Å². The second-order valence-electron chi connectivity index (χ2n) is 2.61. The topological polar surface area (TPSA) is 51.2 Å². The van der Waals surface area contributed by atoms with Gasteiger partial charge in [0.05, 0.1) is 24.6 Å². The molecule has 70 valence electrons. The number of aromatic nitrogens is 1. The van der Waals surface area contributed by atoms with Crippen molar-refractivity contribution >= 4 is 11.7 Å². The maximum absolute atomic E-state index is 11.3. The minimum absolute atomic E-state index is 0.352. The summed E-state index contributed by atoms with van der Waals surface area (Å²) in [4.78, 5) is 15.3. The molecule has 1 aromatic heterocycles. The van der Waals surface area contributed by atoms with Gasteiger partial charge in [-0.1, -0.05) is 0 Å². The summed E-state index contributed by atoms with van der Waals surface area (Å²) in [6.07, 6.45) is 1.61. The van der Waals surface area contributed by atoms with E-state index < -0.39 is 0 Å². The number of hydrogen-bond donors (Lipinski definition) is 1. The number of carbonyl (C=O) groups excluding carboxylic acids is 1. The summed E-state index contributed by atoms with van der Waals surface area (Å²) in [6, 6.07) is 1.69. The second kappa shape index (κ2) is 3.89. The summed E-state index contributed by atoms with van der Waals surface area (Å²) in [5, 5.41) is 2.87. The highest BCUT2D eigenvalue weighted by Crippen LogP contribution is 2.15. The lowest BCUT2D eigenvalue weighted by molar-refractivity contribution is 0.0601. The standard InChI is InChI=1S/C9H12N2O2/c1-6-4-7(9(12)13-3)8(10-2)5-11-6/h4-5,10H,1-3H3. The van der Waals surface area contributed by atoms with Gasteiger partial charge in [0.25, 0.3) is 0 Å². The first-order chi connectivity index (χ1) is 6.19. The monoisotopic (exact) mass is 180 g/mol. The van der Waals surface area contributed by atoms with Gasteiger partial charge in [-0.05, 0) is 13.0 Å². The van der Waals surface area contributed by atoms with Crippen LogP contribution in [0.15, 0.2) is 12.3 Å². The minimum atomic E-state index is -0.352. The van der Waals surface area contributed by atoms with Gasteiger partial charge in [-0.3, -0.25) is 4.98 Å². The van der Waals surface area contributed by atoms with E-state index in [0.29, 0.717) is 11.3 Å². The third-order valence-corrected chi connectivity index (χ3v) is 1.72. The van der Waals surface area contributed by atoms with Gasteiger partial charge in [-0.15, -0.1) is 0 Å². The Hall–Kier alpha value is -1.58. The van der Waals surface area contributed by atoms with E-state index in [1.165, 1.54) is 7.11 Å². The molecular formula is C9H12N2O2. The summed E-state index contributed by atoms with van der Waals surface area (Å²) in [6.45, 7) is 1.83. The lowest BCUT2D eigenvalue weighted by atomic mass is 10.2. The van der Waals surface area contributed by atoms with Crippen LogP contribution in [0, 0.1) is 6.92 Å². The average Bonchev–Trinajstić information content (AvgIpc) is 2.16. The highest BCUT2D eigenvalue weighted by atomic mass is 16.5. The molecule has 0 aromatic carbocycles. The van der Waals surface area contributed by atoms with Gasteiger partial charge in [0.15, 0.2) is 0 Å². The molecule has 0 saturated carbocycles. The fourth-order valence-corrected chi connectivity index (χ4v) is 1.04. The van der Waals surface area contributed by atoms with Crippen molar-refractivity contribution in [1.29, 1.82) is 0 Å². The van der Waals surface area contributed by atoms with Gasteiger partial charge in [0.2, 0.25) is 0 Å². The van der Waals surface area contributed by atoms with Gasteiger partial charge in [-0.2, -0.15) is 0 Å². The third-order valence-electron chi connectivity index (χ3n) is 1.72. The van der Waals surface area contributed by atoms with Crippen LogP contribution in [0.25, 0.3) is 0 Å². The fourth-order valence-electron chi connectivity index (χ4n) is 1.04. The molecule has 0 radical (unpaired) electrons. The molecule has 0 aliphatic rings. The molecule has 0 unspecified atom stereocenters. The number of methoxy groups -OCH3 is 1. The highest BCUT2D eigenvalue weighted by molar-refractivity contribution is 5.95. The number of aryl methyl sites for hydroxylation is 1. The van der Waals surface area contributed by atoms with Crippen LogP contribution >= 0.6 is 0 Å².